The van der Waals surface area contributed by atoms with E-state index in [1.54, 1.807) is 6.07 Å². The van der Waals surface area contributed by atoms with Crippen LogP contribution in [-0.2, 0) is 6.42 Å². The second-order valence-corrected chi connectivity index (χ2v) is 3.21. The van der Waals surface area contributed by atoms with E-state index in [2.05, 4.69) is 12.6 Å². The number of thiol groups is 1. The molecule has 13 heavy (non-hydrogen) atoms. The molecule has 0 saturated heterocycles. The Morgan fingerprint density at radius 3 is 2.85 bits per heavy atom. The number of hydrogen-bond donors (Lipinski definition) is 1. The van der Waals surface area contributed by atoms with Crippen molar-refractivity contribution in [2.24, 2.45) is 0 Å². The van der Waals surface area contributed by atoms with Crippen LogP contribution in [0.5, 0.6) is 5.75 Å². The van der Waals surface area contributed by atoms with Crippen LogP contribution in [0.4, 0.5) is 4.39 Å². The molecule has 72 valence electrons. The fraction of sp³-hybridized carbons (Fsp3) is 0.400. The van der Waals surface area contributed by atoms with Gasteiger partial charge in [0.2, 0.25) is 0 Å². The average Bonchev–Trinajstić information content (AvgIpc) is 2.15. The fourth-order valence-electron chi connectivity index (χ4n) is 1.25. The molecule has 0 aliphatic rings. The van der Waals surface area contributed by atoms with E-state index >= 15 is 0 Å². The van der Waals surface area contributed by atoms with Crippen molar-refractivity contribution in [1.29, 1.82) is 0 Å². The summed E-state index contributed by atoms with van der Waals surface area (Å²) in [4.78, 5) is 0. The lowest BCUT2D eigenvalue weighted by Gasteiger charge is -2.07. The van der Waals surface area contributed by atoms with Crippen molar-refractivity contribution < 1.29 is 9.13 Å². The number of aryl methyl sites for hydroxylation is 1. The first kappa shape index (κ1) is 10.4. The first-order chi connectivity index (χ1) is 6.29. The average molecular weight is 200 g/mol. The minimum Gasteiger partial charge on any atom is -0.493 e. The molecule has 0 atom stereocenters. The molecule has 0 aliphatic carbocycles. The van der Waals surface area contributed by atoms with Gasteiger partial charge in [0.15, 0.2) is 11.6 Å². The highest BCUT2D eigenvalue weighted by molar-refractivity contribution is 7.80. The van der Waals surface area contributed by atoms with Gasteiger partial charge < -0.3 is 4.74 Å². The zero-order chi connectivity index (χ0) is 9.68. The molecule has 0 N–H and O–H groups in total. The van der Waals surface area contributed by atoms with E-state index in [1.165, 1.54) is 13.2 Å². The summed E-state index contributed by atoms with van der Waals surface area (Å²) in [5.41, 5.74) is 0.913. The summed E-state index contributed by atoms with van der Waals surface area (Å²) in [5, 5.41) is 0. The summed E-state index contributed by atoms with van der Waals surface area (Å²) in [7, 11) is 1.49. The predicted molar refractivity (Wildman–Crippen MR) is 55.1 cm³/mol. The third kappa shape index (κ3) is 2.62. The van der Waals surface area contributed by atoms with Gasteiger partial charge in [-0.15, -0.1) is 0 Å². The zero-order valence-corrected chi connectivity index (χ0v) is 8.48. The maximum atomic E-state index is 13.1. The Balaban J connectivity index is 2.85. The van der Waals surface area contributed by atoms with Crippen LogP contribution in [0.25, 0.3) is 0 Å². The van der Waals surface area contributed by atoms with Crippen LogP contribution < -0.4 is 4.74 Å². The second-order valence-electron chi connectivity index (χ2n) is 2.76. The molecule has 0 amide bonds. The van der Waals surface area contributed by atoms with Gasteiger partial charge in [-0.2, -0.15) is 12.6 Å². The number of hydrogen-bond acceptors (Lipinski definition) is 2. The van der Waals surface area contributed by atoms with Crippen molar-refractivity contribution in [2.45, 2.75) is 12.8 Å². The van der Waals surface area contributed by atoms with E-state index in [-0.39, 0.29) is 5.82 Å². The Kier molecular flexibility index (Phi) is 4.09. The number of para-hydroxylation sites is 1. The first-order valence-electron chi connectivity index (χ1n) is 4.22. The molecule has 1 aromatic carbocycles. The summed E-state index contributed by atoms with van der Waals surface area (Å²) in [6.45, 7) is 0. The highest BCUT2D eigenvalue weighted by Crippen LogP contribution is 2.23. The Morgan fingerprint density at radius 2 is 2.23 bits per heavy atom. The van der Waals surface area contributed by atoms with Gasteiger partial charge in [0, 0.05) is 0 Å². The summed E-state index contributed by atoms with van der Waals surface area (Å²) in [5.74, 6) is 0.878. The number of halogens is 1. The molecular weight excluding hydrogens is 187 g/mol. The van der Waals surface area contributed by atoms with Crippen LogP contribution in [0.3, 0.4) is 0 Å². The lowest BCUT2D eigenvalue weighted by Crippen LogP contribution is -1.95. The molecule has 0 aliphatic heterocycles. The molecule has 0 aromatic heterocycles. The monoisotopic (exact) mass is 200 g/mol. The van der Waals surface area contributed by atoms with Crippen molar-refractivity contribution in [3.05, 3.63) is 29.6 Å². The molecule has 0 fully saturated rings. The lowest BCUT2D eigenvalue weighted by molar-refractivity contribution is 0.381. The minimum atomic E-state index is -0.292. The van der Waals surface area contributed by atoms with Crippen molar-refractivity contribution in [3.8, 4) is 5.75 Å². The predicted octanol–water partition coefficient (Wildman–Crippen LogP) is 2.70. The number of benzene rings is 1. The summed E-state index contributed by atoms with van der Waals surface area (Å²) in [6, 6.07) is 4.99. The largest absolute Gasteiger partial charge is 0.493 e. The molecule has 0 saturated carbocycles. The standard InChI is InChI=1S/C10H13FOS/c1-12-10-8(5-3-7-13)4-2-6-9(10)11/h2,4,6,13H,3,5,7H2,1H3. The van der Waals surface area contributed by atoms with E-state index in [1.807, 2.05) is 6.07 Å². The van der Waals surface area contributed by atoms with Crippen LogP contribution in [-0.4, -0.2) is 12.9 Å². The Morgan fingerprint density at radius 1 is 1.46 bits per heavy atom. The molecule has 0 bridgehead atoms. The number of rotatable bonds is 4. The van der Waals surface area contributed by atoms with Crippen LogP contribution in [0.15, 0.2) is 18.2 Å². The Labute approximate surface area is 83.3 Å². The third-order valence-electron chi connectivity index (χ3n) is 1.86. The van der Waals surface area contributed by atoms with Gasteiger partial charge in [0.05, 0.1) is 7.11 Å². The van der Waals surface area contributed by atoms with Crippen molar-refractivity contribution in [2.75, 3.05) is 12.9 Å². The first-order valence-corrected chi connectivity index (χ1v) is 4.85. The highest BCUT2D eigenvalue weighted by atomic mass is 32.1. The van der Waals surface area contributed by atoms with Crippen LogP contribution in [0.2, 0.25) is 0 Å². The van der Waals surface area contributed by atoms with Crippen molar-refractivity contribution in [1.82, 2.24) is 0 Å². The van der Waals surface area contributed by atoms with Crippen molar-refractivity contribution >= 4 is 12.6 Å². The smallest absolute Gasteiger partial charge is 0.165 e. The summed E-state index contributed by atoms with van der Waals surface area (Å²) < 4.78 is 18.1. The quantitative estimate of drug-likeness (QED) is 0.735. The van der Waals surface area contributed by atoms with Gasteiger partial charge in [-0.25, -0.2) is 4.39 Å². The van der Waals surface area contributed by atoms with E-state index in [0.29, 0.717) is 5.75 Å². The fourth-order valence-corrected chi connectivity index (χ4v) is 1.41. The van der Waals surface area contributed by atoms with Gasteiger partial charge in [0.1, 0.15) is 0 Å². The maximum absolute atomic E-state index is 13.1. The lowest BCUT2D eigenvalue weighted by atomic mass is 10.1. The molecule has 0 unspecified atom stereocenters. The second kappa shape index (κ2) is 5.12. The zero-order valence-electron chi connectivity index (χ0n) is 7.59. The van der Waals surface area contributed by atoms with Crippen LogP contribution in [0, 0.1) is 5.82 Å². The highest BCUT2D eigenvalue weighted by Gasteiger charge is 2.07. The summed E-state index contributed by atoms with van der Waals surface area (Å²) >= 11 is 4.11. The summed E-state index contributed by atoms with van der Waals surface area (Å²) in [6.07, 6.45) is 1.74. The molecule has 0 radical (unpaired) electrons. The van der Waals surface area contributed by atoms with E-state index < -0.39 is 0 Å². The van der Waals surface area contributed by atoms with Gasteiger partial charge in [0.25, 0.3) is 0 Å². The Bertz CT molecular complexity index is 276. The molecule has 1 rings (SSSR count). The maximum Gasteiger partial charge on any atom is 0.165 e. The minimum absolute atomic E-state index is 0.292. The molecule has 1 nitrogen and oxygen atoms in total. The van der Waals surface area contributed by atoms with Gasteiger partial charge in [-0.3, -0.25) is 0 Å². The molecular formula is C10H13FOS. The van der Waals surface area contributed by atoms with Gasteiger partial charge in [-0.1, -0.05) is 12.1 Å². The van der Waals surface area contributed by atoms with E-state index in [0.717, 1.165) is 24.2 Å². The van der Waals surface area contributed by atoms with E-state index in [9.17, 15) is 4.39 Å². The number of ether oxygens (including phenoxy) is 1. The van der Waals surface area contributed by atoms with Gasteiger partial charge in [-0.05, 0) is 30.2 Å². The molecule has 0 heterocycles. The molecule has 0 spiro atoms. The SMILES string of the molecule is COc1c(F)cccc1CCCS. The van der Waals surface area contributed by atoms with Crippen LogP contribution in [0.1, 0.15) is 12.0 Å². The van der Waals surface area contributed by atoms with Crippen LogP contribution >= 0.6 is 12.6 Å². The molecule has 1 aromatic rings. The van der Waals surface area contributed by atoms with E-state index in [4.69, 9.17) is 4.74 Å². The normalized spacial score (nSPS) is 10.1. The number of methoxy groups -OCH3 is 1. The topological polar surface area (TPSA) is 9.23 Å². The van der Waals surface area contributed by atoms with Gasteiger partial charge >= 0.3 is 0 Å². The Hall–Kier alpha value is -0.700. The molecule has 3 heteroatoms. The third-order valence-corrected chi connectivity index (χ3v) is 2.17. The van der Waals surface area contributed by atoms with Crippen molar-refractivity contribution in [3.63, 3.8) is 0 Å².